The van der Waals surface area contributed by atoms with E-state index in [0.29, 0.717) is 23.2 Å². The molecule has 1 fully saturated rings. The van der Waals surface area contributed by atoms with Crippen LogP contribution in [0.2, 0.25) is 0 Å². The highest BCUT2D eigenvalue weighted by atomic mass is 16.5. The first-order valence-corrected chi connectivity index (χ1v) is 28.8. The second-order valence-electron chi connectivity index (χ2n) is 24.6. The van der Waals surface area contributed by atoms with Crippen molar-refractivity contribution in [1.82, 2.24) is 41.7 Å². The topological polar surface area (TPSA) is 219 Å². The van der Waals surface area contributed by atoms with Gasteiger partial charge in [0.1, 0.15) is 24.2 Å². The minimum Gasteiger partial charge on any atom is -0.372 e. The van der Waals surface area contributed by atoms with Crippen LogP contribution in [0.3, 0.4) is 0 Å². The van der Waals surface area contributed by atoms with Gasteiger partial charge in [0.25, 0.3) is 5.91 Å². The van der Waals surface area contributed by atoms with Crippen LogP contribution in [0, 0.1) is 10.8 Å². The lowest BCUT2D eigenvalue weighted by Crippen LogP contribution is -2.62. The van der Waals surface area contributed by atoms with Gasteiger partial charge in [-0.1, -0.05) is 120 Å². The Bertz CT molecular complexity index is 2870. The van der Waals surface area contributed by atoms with Crippen molar-refractivity contribution < 1.29 is 38.3 Å². The summed E-state index contributed by atoms with van der Waals surface area (Å²) in [6.45, 7) is 19.1. The number of likely N-dealkylation sites (N-methyl/N-ethyl adjacent to an activating group) is 2. The van der Waals surface area contributed by atoms with Crippen molar-refractivity contribution in [2.75, 3.05) is 26.0 Å². The Morgan fingerprint density at radius 2 is 1.36 bits per heavy atom. The minimum atomic E-state index is -0.955. The molecule has 1 saturated heterocycles. The van der Waals surface area contributed by atoms with Gasteiger partial charge < -0.3 is 51.8 Å². The molecule has 2 aliphatic carbocycles. The fourth-order valence-electron chi connectivity index (χ4n) is 11.1. The Morgan fingerprint density at radius 3 is 2.04 bits per heavy atom. The number of allylic oxidation sites excluding steroid dienone is 4. The molecule has 2 aliphatic heterocycles. The number of carbonyl (C=O) groups excluding carboxylic acids is 7. The van der Waals surface area contributed by atoms with Crippen LogP contribution >= 0.6 is 0 Å². The molecule has 17 heteroatoms. The predicted molar refractivity (Wildman–Crippen MR) is 315 cm³/mol. The zero-order valence-corrected chi connectivity index (χ0v) is 49.2. The number of nitrogens with zero attached hydrogens (tertiary/aromatic N) is 2. The van der Waals surface area contributed by atoms with Crippen LogP contribution in [0.25, 0.3) is 0 Å². The highest BCUT2D eigenvalue weighted by molar-refractivity contribution is 6.04. The Kier molecular flexibility index (Phi) is 20.7. The van der Waals surface area contributed by atoms with Crippen molar-refractivity contribution in [3.8, 4) is 0 Å². The van der Waals surface area contributed by atoms with Crippen LogP contribution in [0.15, 0.2) is 103 Å². The Hall–Kier alpha value is -6.95. The molecule has 9 atom stereocenters. The molecule has 0 saturated carbocycles. The monoisotopic (exact) mass is 1110 g/mol. The summed E-state index contributed by atoms with van der Waals surface area (Å²) in [6, 6.07) is 15.6. The number of benzene rings is 3. The van der Waals surface area contributed by atoms with E-state index in [9.17, 15) is 33.6 Å². The van der Waals surface area contributed by atoms with E-state index < -0.39 is 53.2 Å². The number of amides is 7. The molecule has 17 nitrogen and oxygen atoms in total. The largest absolute Gasteiger partial charge is 0.372 e. The summed E-state index contributed by atoms with van der Waals surface area (Å²) in [6.07, 6.45) is 13.5. The van der Waals surface area contributed by atoms with Gasteiger partial charge in [-0.15, -0.1) is 0 Å². The molecule has 7 amide bonds. The van der Waals surface area contributed by atoms with Crippen LogP contribution in [0.5, 0.6) is 0 Å². The Labute approximate surface area is 479 Å². The molecule has 0 unspecified atom stereocenters. The van der Waals surface area contributed by atoms with Crippen LogP contribution < -0.4 is 37.2 Å². The third-order valence-corrected chi connectivity index (χ3v) is 16.2. The number of hydrogen-bond donors (Lipinski definition) is 7. The molecule has 4 aliphatic rings. The average Bonchev–Trinajstić information content (AvgIpc) is 3.93. The molecular weight excluding hydrogens is 1020 g/mol. The molecule has 81 heavy (non-hydrogen) atoms. The number of likely N-dealkylation sites (tertiary alicyclic amines) is 1. The van der Waals surface area contributed by atoms with E-state index in [0.717, 1.165) is 60.8 Å². The second-order valence-corrected chi connectivity index (χ2v) is 24.6. The summed E-state index contributed by atoms with van der Waals surface area (Å²) in [7, 11) is 3.35. The molecule has 0 bridgehead atoms. The van der Waals surface area contributed by atoms with Gasteiger partial charge in [-0.3, -0.25) is 33.6 Å². The van der Waals surface area contributed by atoms with Crippen molar-refractivity contribution in [1.29, 1.82) is 0 Å². The lowest BCUT2D eigenvalue weighted by atomic mass is 9.83. The molecule has 7 rings (SSSR count). The van der Waals surface area contributed by atoms with Crippen LogP contribution in [0.4, 0.5) is 5.69 Å². The third kappa shape index (κ3) is 16.0. The summed E-state index contributed by atoms with van der Waals surface area (Å²) >= 11 is 0. The van der Waals surface area contributed by atoms with E-state index in [2.05, 4.69) is 55.9 Å². The molecule has 7 N–H and O–H groups in total. The number of aryl methyl sites for hydroxylation is 1. The zero-order valence-electron chi connectivity index (χ0n) is 49.2. The standard InChI is InChI=1S/C64H87N9O8/c1-39-20-13-12-14-26-47(27-17-21-39)67-59(77)53-35-49(37-73(53)62(80)55(64(7,8)9)71-57(75)41(3)66-11)81-38-42-22-18-25-45(32-42)58(76)68-48-31-30-44-34-52(60(78)69-51-29-19-24-43-23-15-16-28-50(43)51)72(36-46(44)33-48)61(79)54(63(4,5)6)70-56(74)40(2)65-10/h12-16,18,20,22-23,25,28,30-33,40-41,47,49,51-55,65-66H,1,17,19,21,24,26-27,29,34-38H2,2-11H3,(H,67,77)(H,68,76)(H,69,78)(H,70,74)(H,71,75)/b14-12-,20-13-/t40-,41-,47-,49-,51+,52-,53-,54+,55+/m0/s1. The highest BCUT2D eigenvalue weighted by Gasteiger charge is 2.47. The lowest BCUT2D eigenvalue weighted by Gasteiger charge is -2.42. The van der Waals surface area contributed by atoms with Crippen molar-refractivity contribution in [3.63, 3.8) is 0 Å². The third-order valence-electron chi connectivity index (χ3n) is 16.2. The molecule has 0 radical (unpaired) electrons. The summed E-state index contributed by atoms with van der Waals surface area (Å²) in [4.78, 5) is 102. The number of nitrogens with one attached hydrogen (secondary N) is 7. The van der Waals surface area contributed by atoms with Crippen LogP contribution in [0.1, 0.15) is 145 Å². The molecule has 3 aromatic carbocycles. The molecule has 3 aromatic rings. The first-order chi connectivity index (χ1) is 38.4. The predicted octanol–water partition coefficient (Wildman–Crippen LogP) is 6.88. The number of fused-ring (bicyclic) bond motifs is 2. The normalized spacial score (nSPS) is 22.5. The average molecular weight is 1110 g/mol. The first-order valence-electron chi connectivity index (χ1n) is 28.8. The maximum atomic E-state index is 14.9. The first kappa shape index (κ1) is 61.7. The number of anilines is 1. The fraction of sp³-hybridized carbons (Fsp3) is 0.516. The van der Waals surface area contributed by atoms with Crippen molar-refractivity contribution in [2.45, 2.75) is 181 Å². The molecule has 436 valence electrons. The maximum absolute atomic E-state index is 14.9. The van der Waals surface area contributed by atoms with Crippen molar-refractivity contribution in [2.24, 2.45) is 10.8 Å². The van der Waals surface area contributed by atoms with Gasteiger partial charge in [0, 0.05) is 43.2 Å². The SMILES string of the molecule is C=C1/C=C\C=C/C[C@H](NC(=O)[C@@H]2C[C@H](OCc3cccc(C(=O)Nc4ccc5c(c4)CN(C(=O)[C@@H](NC(=O)[C@H](C)NC)C(C)(C)C)[C@H](C(=O)N[C@@H]4CCCc6ccccc64)C5)c3)CN2C(=O)[C@@H](NC(=O)[C@H](C)NC)C(C)(C)C)CCC1. The van der Waals surface area contributed by atoms with E-state index >= 15 is 0 Å². The molecule has 0 spiro atoms. The van der Waals surface area contributed by atoms with Gasteiger partial charge in [-0.25, -0.2) is 0 Å². The number of rotatable bonds is 17. The van der Waals surface area contributed by atoms with Gasteiger partial charge in [0.2, 0.25) is 35.4 Å². The number of hydrogen-bond acceptors (Lipinski definition) is 10. The molecule has 0 aromatic heterocycles. The Balaban J connectivity index is 1.07. The van der Waals surface area contributed by atoms with Crippen molar-refractivity contribution in [3.05, 3.63) is 137 Å². The van der Waals surface area contributed by atoms with Crippen LogP contribution in [-0.4, -0.2) is 120 Å². The van der Waals surface area contributed by atoms with Crippen molar-refractivity contribution >= 4 is 47.0 Å². The quantitative estimate of drug-likeness (QED) is 0.0744. The molecule has 2 heterocycles. The van der Waals surface area contributed by atoms with E-state index in [4.69, 9.17) is 4.74 Å². The van der Waals surface area contributed by atoms with E-state index in [1.54, 1.807) is 62.0 Å². The van der Waals surface area contributed by atoms with Gasteiger partial charge in [-0.2, -0.15) is 0 Å². The summed E-state index contributed by atoms with van der Waals surface area (Å²) in [5, 5.41) is 21.4. The van der Waals surface area contributed by atoms with Gasteiger partial charge in [0.15, 0.2) is 0 Å². The summed E-state index contributed by atoms with van der Waals surface area (Å²) in [5.41, 5.74) is 5.07. The van der Waals surface area contributed by atoms with E-state index in [-0.39, 0.29) is 86.0 Å². The van der Waals surface area contributed by atoms with E-state index in [1.165, 1.54) is 5.56 Å². The lowest BCUT2D eigenvalue weighted by molar-refractivity contribution is -0.147. The summed E-state index contributed by atoms with van der Waals surface area (Å²) < 4.78 is 6.51. The maximum Gasteiger partial charge on any atom is 0.255 e. The smallest absolute Gasteiger partial charge is 0.255 e. The fourth-order valence-corrected chi connectivity index (χ4v) is 11.1. The molecular formula is C64H87N9O8. The second kappa shape index (κ2) is 27.2. The highest BCUT2D eigenvalue weighted by Crippen LogP contribution is 2.34. The summed E-state index contributed by atoms with van der Waals surface area (Å²) in [5.74, 6) is -2.36. The van der Waals surface area contributed by atoms with Gasteiger partial charge in [-0.05, 0) is 136 Å². The van der Waals surface area contributed by atoms with Crippen LogP contribution in [-0.2, 0) is 59.5 Å². The van der Waals surface area contributed by atoms with Gasteiger partial charge in [0.05, 0.1) is 30.8 Å². The van der Waals surface area contributed by atoms with Gasteiger partial charge >= 0.3 is 0 Å². The minimum absolute atomic E-state index is 0.0636. The number of carbonyl (C=O) groups is 7. The van der Waals surface area contributed by atoms with E-state index in [1.807, 2.05) is 96.2 Å². The Morgan fingerprint density at radius 1 is 0.704 bits per heavy atom. The zero-order chi connectivity index (χ0) is 58.8. The number of ether oxygens (including phenoxy) is 1.